The maximum atomic E-state index is 11.9. The Morgan fingerprint density at radius 1 is 1.03 bits per heavy atom. The van der Waals surface area contributed by atoms with Gasteiger partial charge in [-0.2, -0.15) is 0 Å². The van der Waals surface area contributed by atoms with E-state index in [9.17, 15) is 8.42 Å². The summed E-state index contributed by atoms with van der Waals surface area (Å²) in [6.45, 7) is 11.3. The number of hydrogen-bond acceptors (Lipinski definition) is 9. The number of fused-ring (bicyclic) bond motifs is 1. The van der Waals surface area contributed by atoms with Crippen LogP contribution in [0.25, 0.3) is 16.6 Å². The molecule has 0 saturated carbocycles. The SMILES string of the molecule is Cc1cc(Nc2cc3c(cn2)c(OCOCC[Si](C)(C)C)nn3-c2ccc(S(C)(=O)=O)cc2)nc(C)n1. The van der Waals surface area contributed by atoms with Gasteiger partial charge in [0, 0.05) is 45.0 Å². The number of aryl methyl sites for hydroxylation is 2. The maximum absolute atomic E-state index is 11.9. The van der Waals surface area contributed by atoms with Crippen molar-refractivity contribution in [2.75, 3.05) is 25.0 Å². The van der Waals surface area contributed by atoms with E-state index in [1.54, 1.807) is 35.1 Å². The van der Waals surface area contributed by atoms with Gasteiger partial charge in [-0.3, -0.25) is 0 Å². The highest BCUT2D eigenvalue weighted by Crippen LogP contribution is 2.30. The molecule has 0 fully saturated rings. The first-order chi connectivity index (χ1) is 17.4. The van der Waals surface area contributed by atoms with Crippen molar-refractivity contribution in [3.63, 3.8) is 0 Å². The summed E-state index contributed by atoms with van der Waals surface area (Å²) in [6.07, 6.45) is 2.87. The predicted octanol–water partition coefficient (Wildman–Crippen LogP) is 4.67. The number of nitrogens with one attached hydrogen (secondary N) is 1. The molecule has 3 aromatic heterocycles. The normalized spacial score (nSPS) is 12.2. The highest BCUT2D eigenvalue weighted by molar-refractivity contribution is 7.90. The smallest absolute Gasteiger partial charge is 0.244 e. The van der Waals surface area contributed by atoms with Crippen LogP contribution in [0.4, 0.5) is 11.6 Å². The number of ether oxygens (including phenoxy) is 2. The van der Waals surface area contributed by atoms with Crippen molar-refractivity contribution in [1.29, 1.82) is 0 Å². The summed E-state index contributed by atoms with van der Waals surface area (Å²) in [4.78, 5) is 13.5. The van der Waals surface area contributed by atoms with Crippen LogP contribution in [-0.4, -0.2) is 60.9 Å². The van der Waals surface area contributed by atoms with Gasteiger partial charge in [-0.15, -0.1) is 5.10 Å². The van der Waals surface area contributed by atoms with Crippen LogP contribution in [0.5, 0.6) is 5.88 Å². The third-order valence-corrected chi connectivity index (χ3v) is 8.37. The summed E-state index contributed by atoms with van der Waals surface area (Å²) in [5.74, 6) is 2.23. The Morgan fingerprint density at radius 3 is 2.41 bits per heavy atom. The van der Waals surface area contributed by atoms with Gasteiger partial charge in [-0.25, -0.2) is 28.1 Å². The number of pyridine rings is 1. The van der Waals surface area contributed by atoms with Crippen LogP contribution in [0.3, 0.4) is 0 Å². The fourth-order valence-electron chi connectivity index (χ4n) is 3.64. The van der Waals surface area contributed by atoms with Crippen LogP contribution in [0.1, 0.15) is 11.5 Å². The monoisotopic (exact) mass is 540 g/mol. The van der Waals surface area contributed by atoms with Crippen molar-refractivity contribution in [1.82, 2.24) is 24.7 Å². The maximum Gasteiger partial charge on any atom is 0.244 e. The summed E-state index contributed by atoms with van der Waals surface area (Å²) >= 11 is 0. The van der Waals surface area contributed by atoms with Crippen molar-refractivity contribution in [2.45, 2.75) is 44.4 Å². The van der Waals surface area contributed by atoms with Gasteiger partial charge in [-0.05, 0) is 44.2 Å². The molecule has 1 N–H and O–H groups in total. The standard InChI is InChI=1S/C25H32N6O4SSi/c1-17-13-24(28-18(2)27-17)29-23-14-22-21(15-26-23)25(35-16-34-11-12-37(4,5)6)30-31(22)19-7-9-20(10-8-19)36(3,32)33/h7-10,13-15H,11-12,16H2,1-6H3,(H,26,27,28,29). The zero-order valence-electron chi connectivity index (χ0n) is 21.9. The fraction of sp³-hybridized carbons (Fsp3) is 0.360. The Hall–Kier alpha value is -3.35. The Bertz CT molecular complexity index is 1490. The van der Waals surface area contributed by atoms with Crippen LogP contribution < -0.4 is 10.1 Å². The lowest BCUT2D eigenvalue weighted by atomic mass is 10.3. The van der Waals surface area contributed by atoms with Gasteiger partial charge in [0.1, 0.15) is 17.5 Å². The van der Waals surface area contributed by atoms with Crippen LogP contribution in [0.15, 0.2) is 47.5 Å². The lowest BCUT2D eigenvalue weighted by molar-refractivity contribution is 0.0199. The van der Waals surface area contributed by atoms with E-state index in [-0.39, 0.29) is 11.7 Å². The van der Waals surface area contributed by atoms with E-state index in [0.29, 0.717) is 41.0 Å². The molecule has 0 amide bonds. The number of aromatic nitrogens is 5. The molecule has 37 heavy (non-hydrogen) atoms. The number of anilines is 2. The topological polar surface area (TPSA) is 121 Å². The Labute approximate surface area is 218 Å². The average Bonchev–Trinajstić information content (AvgIpc) is 3.15. The minimum atomic E-state index is -3.32. The molecule has 0 atom stereocenters. The summed E-state index contributed by atoms with van der Waals surface area (Å²) in [6, 6.07) is 11.3. The van der Waals surface area contributed by atoms with E-state index in [0.717, 1.165) is 17.3 Å². The molecule has 196 valence electrons. The Kier molecular flexibility index (Phi) is 7.62. The molecule has 1 aromatic carbocycles. The van der Waals surface area contributed by atoms with E-state index >= 15 is 0 Å². The first-order valence-electron chi connectivity index (χ1n) is 11.9. The molecule has 4 rings (SSSR count). The van der Waals surface area contributed by atoms with Crippen molar-refractivity contribution in [2.24, 2.45) is 0 Å². The Balaban J connectivity index is 1.67. The number of benzene rings is 1. The molecule has 0 saturated heterocycles. The molecule has 12 heteroatoms. The first-order valence-corrected chi connectivity index (χ1v) is 17.5. The van der Waals surface area contributed by atoms with Crippen molar-refractivity contribution in [3.8, 4) is 11.6 Å². The lowest BCUT2D eigenvalue weighted by Gasteiger charge is -2.15. The van der Waals surface area contributed by atoms with Crippen molar-refractivity contribution < 1.29 is 17.9 Å². The van der Waals surface area contributed by atoms with E-state index in [1.165, 1.54) is 6.26 Å². The summed E-state index contributed by atoms with van der Waals surface area (Å²) in [7, 11) is -4.52. The molecule has 0 spiro atoms. The van der Waals surface area contributed by atoms with E-state index < -0.39 is 17.9 Å². The van der Waals surface area contributed by atoms with Gasteiger partial charge >= 0.3 is 0 Å². The van der Waals surface area contributed by atoms with Crippen LogP contribution in [0, 0.1) is 13.8 Å². The van der Waals surface area contributed by atoms with Gasteiger partial charge in [0.15, 0.2) is 16.6 Å². The van der Waals surface area contributed by atoms with E-state index in [1.807, 2.05) is 26.0 Å². The number of nitrogens with zero attached hydrogens (tertiary/aromatic N) is 5. The highest BCUT2D eigenvalue weighted by atomic mass is 32.2. The summed E-state index contributed by atoms with van der Waals surface area (Å²) in [5.41, 5.74) is 2.25. The molecule has 0 aliphatic heterocycles. The molecule has 0 unspecified atom stereocenters. The number of rotatable bonds is 10. The lowest BCUT2D eigenvalue weighted by Crippen LogP contribution is -2.22. The third-order valence-electron chi connectivity index (χ3n) is 5.54. The molecule has 0 aliphatic carbocycles. The Morgan fingerprint density at radius 2 is 1.76 bits per heavy atom. The van der Waals surface area contributed by atoms with E-state index in [4.69, 9.17) is 9.47 Å². The minimum Gasteiger partial charge on any atom is -0.449 e. The zero-order valence-corrected chi connectivity index (χ0v) is 23.8. The van der Waals surface area contributed by atoms with Crippen molar-refractivity contribution >= 4 is 40.4 Å². The summed E-state index contributed by atoms with van der Waals surface area (Å²) in [5, 5.41) is 8.57. The molecular weight excluding hydrogens is 508 g/mol. The molecule has 10 nitrogen and oxygen atoms in total. The largest absolute Gasteiger partial charge is 0.449 e. The summed E-state index contributed by atoms with van der Waals surface area (Å²) < 4.78 is 37.1. The van der Waals surface area contributed by atoms with Gasteiger partial charge in [0.25, 0.3) is 0 Å². The first kappa shape index (κ1) is 26.7. The second kappa shape index (κ2) is 10.6. The minimum absolute atomic E-state index is 0.0725. The second-order valence-electron chi connectivity index (χ2n) is 10.1. The van der Waals surface area contributed by atoms with Gasteiger partial charge in [0.2, 0.25) is 5.88 Å². The molecule has 0 radical (unpaired) electrons. The molecule has 0 aliphatic rings. The fourth-order valence-corrected chi connectivity index (χ4v) is 5.02. The van der Waals surface area contributed by atoms with Crippen molar-refractivity contribution in [3.05, 3.63) is 54.1 Å². The molecule has 0 bridgehead atoms. The molecular formula is C25H32N6O4SSi. The van der Waals surface area contributed by atoms with E-state index in [2.05, 4.69) is 45.0 Å². The van der Waals surface area contributed by atoms with Gasteiger partial charge < -0.3 is 14.8 Å². The number of hydrogen-bond donors (Lipinski definition) is 1. The average molecular weight is 541 g/mol. The number of sulfone groups is 1. The zero-order chi connectivity index (χ0) is 26.8. The third kappa shape index (κ3) is 6.90. The predicted molar refractivity (Wildman–Crippen MR) is 146 cm³/mol. The highest BCUT2D eigenvalue weighted by Gasteiger charge is 2.17. The van der Waals surface area contributed by atoms with Gasteiger partial charge in [-0.1, -0.05) is 19.6 Å². The second-order valence-corrected chi connectivity index (χ2v) is 17.8. The van der Waals surface area contributed by atoms with Crippen LogP contribution >= 0.6 is 0 Å². The molecule has 3 heterocycles. The molecule has 4 aromatic rings. The quantitative estimate of drug-likeness (QED) is 0.174. The van der Waals surface area contributed by atoms with Crippen LogP contribution in [-0.2, 0) is 14.6 Å². The van der Waals surface area contributed by atoms with Gasteiger partial charge in [0.05, 0.1) is 21.5 Å². The van der Waals surface area contributed by atoms with Crippen LogP contribution in [0.2, 0.25) is 25.7 Å².